The van der Waals surface area contributed by atoms with Gasteiger partial charge in [-0.2, -0.15) is 0 Å². The van der Waals surface area contributed by atoms with Gasteiger partial charge in [-0.05, 0) is 54.1 Å². The van der Waals surface area contributed by atoms with Gasteiger partial charge in [0, 0.05) is 24.5 Å². The molecule has 1 atom stereocenters. The Kier molecular flexibility index (Phi) is 7.55. The summed E-state index contributed by atoms with van der Waals surface area (Å²) in [6.07, 6.45) is 1.06. The number of hydrogen-bond acceptors (Lipinski definition) is 3. The van der Waals surface area contributed by atoms with Crippen LogP contribution in [0.4, 0.5) is 8.78 Å². The topological polar surface area (TPSA) is 32.3 Å². The second kappa shape index (κ2) is 9.92. The molecule has 0 aromatic heterocycles. The Labute approximate surface area is 179 Å². The van der Waals surface area contributed by atoms with Gasteiger partial charge in [-0.3, -0.25) is 4.79 Å². The van der Waals surface area contributed by atoms with Gasteiger partial charge in [0.05, 0.1) is 6.54 Å². The van der Waals surface area contributed by atoms with Crippen molar-refractivity contribution in [1.29, 1.82) is 0 Å². The van der Waals surface area contributed by atoms with Crippen LogP contribution >= 0.6 is 23.4 Å². The van der Waals surface area contributed by atoms with Gasteiger partial charge >= 0.3 is 0 Å². The molecule has 3 nitrogen and oxygen atoms in total. The van der Waals surface area contributed by atoms with Gasteiger partial charge in [-0.1, -0.05) is 41.9 Å². The molecule has 156 valence electrons. The second-order valence-electron chi connectivity index (χ2n) is 7.37. The summed E-state index contributed by atoms with van der Waals surface area (Å²) in [6, 6.07) is 16.0. The van der Waals surface area contributed by atoms with Crippen LogP contribution in [0.15, 0.2) is 48.5 Å². The molecule has 2 aliphatic rings. The fourth-order valence-corrected chi connectivity index (χ4v) is 4.58. The third kappa shape index (κ3) is 6.43. The summed E-state index contributed by atoms with van der Waals surface area (Å²) in [5.74, 6) is -1.28. The molecule has 0 aliphatic carbocycles. The number of alkyl halides is 2. The third-order valence-electron chi connectivity index (χ3n) is 4.87. The highest BCUT2D eigenvalue weighted by Gasteiger charge is 2.36. The van der Waals surface area contributed by atoms with Crippen molar-refractivity contribution in [2.45, 2.75) is 24.0 Å². The number of likely N-dealkylation sites (tertiary alicyclic amines) is 1. The fraction of sp³-hybridized carbons (Fsp3) is 0.409. The van der Waals surface area contributed by atoms with Crippen LogP contribution in [0.5, 0.6) is 0 Å². The van der Waals surface area contributed by atoms with Crippen LogP contribution < -0.4 is 5.32 Å². The van der Waals surface area contributed by atoms with Crippen LogP contribution in [0.1, 0.15) is 23.7 Å². The Morgan fingerprint density at radius 2 is 1.93 bits per heavy atom. The quantitative estimate of drug-likeness (QED) is 0.694. The highest BCUT2D eigenvalue weighted by atomic mass is 35.5. The number of rotatable bonds is 2. The van der Waals surface area contributed by atoms with Crippen molar-refractivity contribution in [3.63, 3.8) is 0 Å². The van der Waals surface area contributed by atoms with Crippen LogP contribution in [0.2, 0.25) is 5.02 Å². The number of carbonyl (C=O) groups excluding carboxylic acids is 1. The molecule has 2 aromatic carbocycles. The Morgan fingerprint density at radius 3 is 2.55 bits per heavy atom. The van der Waals surface area contributed by atoms with Crippen molar-refractivity contribution in [2.24, 2.45) is 0 Å². The summed E-state index contributed by atoms with van der Waals surface area (Å²) in [5, 5.41) is 3.60. The van der Waals surface area contributed by atoms with Crippen LogP contribution in [0, 0.1) is 0 Å². The van der Waals surface area contributed by atoms with Crippen molar-refractivity contribution in [2.75, 3.05) is 32.4 Å². The van der Waals surface area contributed by atoms with Gasteiger partial charge in [-0.25, -0.2) is 8.78 Å². The first kappa shape index (κ1) is 22.1. The van der Waals surface area contributed by atoms with Crippen LogP contribution in [-0.2, 0) is 4.79 Å². The number of benzene rings is 2. The van der Waals surface area contributed by atoms with Crippen molar-refractivity contribution in [3.8, 4) is 11.1 Å². The van der Waals surface area contributed by atoms with Gasteiger partial charge in [0.15, 0.2) is 0 Å². The van der Waals surface area contributed by atoms with Crippen LogP contribution in [0.25, 0.3) is 11.1 Å². The van der Waals surface area contributed by atoms with Gasteiger partial charge < -0.3 is 10.2 Å². The molecule has 2 heterocycles. The number of nitrogens with zero attached hydrogens (tertiary/aromatic N) is 1. The zero-order valence-corrected chi connectivity index (χ0v) is 17.9. The molecule has 0 saturated carbocycles. The average Bonchev–Trinajstić information content (AvgIpc) is 2.88. The molecular formula is C22H25ClF2N2OS. The number of carbonyl (C=O) groups is 1. The molecule has 0 radical (unpaired) electrons. The van der Waals surface area contributed by atoms with E-state index < -0.39 is 5.92 Å². The highest BCUT2D eigenvalue weighted by Crippen LogP contribution is 2.33. The lowest BCUT2D eigenvalue weighted by atomic mass is 10.0. The lowest BCUT2D eigenvalue weighted by molar-refractivity contribution is -0.120. The predicted molar refractivity (Wildman–Crippen MR) is 117 cm³/mol. The van der Waals surface area contributed by atoms with Crippen LogP contribution in [0.3, 0.4) is 0 Å². The maximum Gasteiger partial charge on any atom is 0.261 e. The summed E-state index contributed by atoms with van der Waals surface area (Å²) >= 11 is 7.65. The summed E-state index contributed by atoms with van der Waals surface area (Å²) in [4.78, 5) is 13.8. The monoisotopic (exact) mass is 438 g/mol. The molecule has 2 fully saturated rings. The molecule has 2 aliphatic heterocycles. The van der Waals surface area contributed by atoms with E-state index in [1.165, 1.54) is 0 Å². The molecular weight excluding hydrogens is 414 g/mol. The third-order valence-corrected chi connectivity index (χ3v) is 6.47. The standard InChI is InChI=1S/C17H16ClNOS.C5H9F2N/c18-15-7-5-12(6-8-15)13-3-1-4-14(11-13)16-17(20)19-9-2-10-21-16;1-8-3-2-5(6,7)4-8/h1,3-8,11,16H,2,9-10H2,(H,19,20);2-4H2,1H3. The minimum Gasteiger partial charge on any atom is -0.355 e. The minimum absolute atomic E-state index is 0.0312. The number of halogens is 3. The largest absolute Gasteiger partial charge is 0.355 e. The molecule has 4 rings (SSSR count). The first-order valence-electron chi connectivity index (χ1n) is 9.66. The summed E-state index contributed by atoms with van der Waals surface area (Å²) in [6.45, 7) is 1.25. The maximum absolute atomic E-state index is 12.2. The summed E-state index contributed by atoms with van der Waals surface area (Å²) in [7, 11) is 1.71. The minimum atomic E-state index is -2.41. The van der Waals surface area contributed by atoms with E-state index in [1.54, 1.807) is 23.7 Å². The van der Waals surface area contributed by atoms with E-state index in [2.05, 4.69) is 17.4 Å². The Bertz CT molecular complexity index is 832. The van der Waals surface area contributed by atoms with Crippen molar-refractivity contribution in [1.82, 2.24) is 10.2 Å². The average molecular weight is 439 g/mol. The Hall–Kier alpha value is -1.63. The van der Waals surface area contributed by atoms with E-state index in [0.29, 0.717) is 6.54 Å². The molecule has 1 N–H and O–H groups in total. The van der Waals surface area contributed by atoms with Gasteiger partial charge in [0.25, 0.3) is 5.92 Å². The molecule has 0 bridgehead atoms. The van der Waals surface area contributed by atoms with Gasteiger partial charge in [0.1, 0.15) is 5.25 Å². The van der Waals surface area contributed by atoms with E-state index in [9.17, 15) is 13.6 Å². The van der Waals surface area contributed by atoms with E-state index >= 15 is 0 Å². The van der Waals surface area contributed by atoms with Gasteiger partial charge in [0.2, 0.25) is 5.91 Å². The highest BCUT2D eigenvalue weighted by molar-refractivity contribution is 8.00. The molecule has 1 amide bonds. The first-order chi connectivity index (χ1) is 13.8. The zero-order chi connectivity index (χ0) is 20.9. The molecule has 0 spiro atoms. The lowest BCUT2D eigenvalue weighted by Crippen LogP contribution is -2.26. The van der Waals surface area contributed by atoms with E-state index in [0.717, 1.165) is 40.4 Å². The van der Waals surface area contributed by atoms with Crippen LogP contribution in [-0.4, -0.2) is 49.2 Å². The van der Waals surface area contributed by atoms with Crippen molar-refractivity contribution < 1.29 is 13.6 Å². The number of hydrogen-bond donors (Lipinski definition) is 1. The first-order valence-corrected chi connectivity index (χ1v) is 11.1. The molecule has 2 aromatic rings. The second-order valence-corrected chi connectivity index (χ2v) is 9.02. The van der Waals surface area contributed by atoms with Crippen molar-refractivity contribution in [3.05, 3.63) is 59.1 Å². The SMILES string of the molecule is CN1CCC(F)(F)C1.O=C1NCCCSC1c1cccc(-c2ccc(Cl)cc2)c1. The predicted octanol–water partition coefficient (Wildman–Crippen LogP) is 5.26. The maximum atomic E-state index is 12.2. The number of thioether (sulfide) groups is 1. The molecule has 2 saturated heterocycles. The number of nitrogens with one attached hydrogen (secondary N) is 1. The molecule has 7 heteroatoms. The fourth-order valence-electron chi connectivity index (χ4n) is 3.33. The number of amides is 1. The Morgan fingerprint density at radius 1 is 1.17 bits per heavy atom. The summed E-state index contributed by atoms with van der Waals surface area (Å²) < 4.78 is 24.3. The van der Waals surface area contributed by atoms with Gasteiger partial charge in [-0.15, -0.1) is 11.8 Å². The molecule has 1 unspecified atom stereocenters. The van der Waals surface area contributed by atoms with Crippen molar-refractivity contribution >= 4 is 29.3 Å². The molecule has 29 heavy (non-hydrogen) atoms. The van der Waals surface area contributed by atoms with E-state index in [1.807, 2.05) is 36.4 Å². The van der Waals surface area contributed by atoms with E-state index in [4.69, 9.17) is 11.6 Å². The summed E-state index contributed by atoms with van der Waals surface area (Å²) in [5.41, 5.74) is 3.29. The zero-order valence-electron chi connectivity index (χ0n) is 16.3. The normalized spacial score (nSPS) is 21.7. The Balaban J connectivity index is 0.000000252. The lowest BCUT2D eigenvalue weighted by Gasteiger charge is -2.14. The smallest absolute Gasteiger partial charge is 0.261 e. The van der Waals surface area contributed by atoms with E-state index in [-0.39, 0.29) is 24.1 Å².